The van der Waals surface area contributed by atoms with Crippen LogP contribution in [0.4, 0.5) is 13.2 Å². The van der Waals surface area contributed by atoms with Gasteiger partial charge in [-0.25, -0.2) is 4.79 Å². The third-order valence-electron chi connectivity index (χ3n) is 12.2. The van der Waals surface area contributed by atoms with Crippen LogP contribution in [-0.4, -0.2) is 108 Å². The van der Waals surface area contributed by atoms with Gasteiger partial charge in [0.25, 0.3) is 0 Å². The molecule has 0 fully saturated rings. The van der Waals surface area contributed by atoms with Gasteiger partial charge < -0.3 is 47.3 Å². The summed E-state index contributed by atoms with van der Waals surface area (Å²) in [6.07, 6.45) is -4.47. The highest BCUT2D eigenvalue weighted by Crippen LogP contribution is 2.19. The molecule has 0 heterocycles. The first kappa shape index (κ1) is 70.3. The number of halogens is 3. The van der Waals surface area contributed by atoms with Gasteiger partial charge in [0.1, 0.15) is 54.9 Å². The number of hydrogen-bond donors (Lipinski definition) is 8. The van der Waals surface area contributed by atoms with Crippen molar-refractivity contribution < 1.29 is 61.1 Å². The first-order valence-electron chi connectivity index (χ1n) is 27.8. The molecule has 0 aliphatic heterocycles. The monoisotopic (exact) mass is 1110 g/mol. The summed E-state index contributed by atoms with van der Waals surface area (Å²) in [6, 6.07) is -0.791. The van der Waals surface area contributed by atoms with Gasteiger partial charge in [0.2, 0.25) is 41.4 Å². The van der Waals surface area contributed by atoms with Crippen molar-refractivity contribution in [3.63, 3.8) is 0 Å². The molecule has 444 valence electrons. The number of esters is 1. The second-order valence-corrected chi connectivity index (χ2v) is 24.1. The van der Waals surface area contributed by atoms with Crippen molar-refractivity contribution in [1.29, 1.82) is 0 Å². The van der Waals surface area contributed by atoms with Crippen molar-refractivity contribution >= 4 is 53.2 Å². The molecule has 0 aliphatic carbocycles. The van der Waals surface area contributed by atoms with Gasteiger partial charge in [-0.05, 0) is 104 Å². The Bertz CT molecular complexity index is 2080. The molecule has 0 aliphatic rings. The number of amides is 8. The molecular weight excluding hydrogens is 1010 g/mol. The largest absolute Gasteiger partial charge is 0.471 e. The number of carbonyl (C=O) groups is 9. The number of alkyl halides is 3. The van der Waals surface area contributed by atoms with E-state index >= 15 is 0 Å². The summed E-state index contributed by atoms with van der Waals surface area (Å²) >= 11 is 0. The summed E-state index contributed by atoms with van der Waals surface area (Å²) in [5.74, 6) is -9.41. The quantitative estimate of drug-likeness (QED) is 0.0346. The Morgan fingerprint density at radius 1 is 0.346 bits per heavy atom. The third kappa shape index (κ3) is 28.2. The normalized spacial score (nSPS) is 15.0. The predicted molar refractivity (Wildman–Crippen MR) is 293 cm³/mol. The van der Waals surface area contributed by atoms with Crippen LogP contribution in [0.25, 0.3) is 0 Å². The third-order valence-corrected chi connectivity index (χ3v) is 12.2. The number of nitrogens with one attached hydrogen (secondary N) is 8. The van der Waals surface area contributed by atoms with Crippen LogP contribution in [0, 0.1) is 47.3 Å². The number of hydrogen-bond acceptors (Lipinski definition) is 10. The van der Waals surface area contributed by atoms with Gasteiger partial charge >= 0.3 is 18.1 Å². The molecule has 8 N–H and O–H groups in total. The van der Waals surface area contributed by atoms with E-state index in [4.69, 9.17) is 4.74 Å². The van der Waals surface area contributed by atoms with Gasteiger partial charge in [-0.15, -0.1) is 0 Å². The van der Waals surface area contributed by atoms with Crippen LogP contribution in [0.15, 0.2) is 30.3 Å². The number of carbonyl (C=O) groups excluding carboxylic acids is 9. The molecule has 18 nitrogen and oxygen atoms in total. The van der Waals surface area contributed by atoms with Gasteiger partial charge in [0.15, 0.2) is 0 Å². The molecule has 8 atom stereocenters. The van der Waals surface area contributed by atoms with Crippen LogP contribution in [-0.2, 0) is 54.5 Å². The average Bonchev–Trinajstić information content (AvgIpc) is 3.30. The lowest BCUT2D eigenvalue weighted by atomic mass is 9.97. The van der Waals surface area contributed by atoms with Crippen molar-refractivity contribution in [3.8, 4) is 0 Å². The van der Waals surface area contributed by atoms with E-state index in [9.17, 15) is 56.3 Å². The zero-order chi connectivity index (χ0) is 59.8. The second kappa shape index (κ2) is 34.3. The summed E-state index contributed by atoms with van der Waals surface area (Å²) < 4.78 is 45.3. The Kier molecular flexibility index (Phi) is 30.9. The predicted octanol–water partition coefficient (Wildman–Crippen LogP) is 6.54. The molecular formula is C57H95F3N8O10. The van der Waals surface area contributed by atoms with Gasteiger partial charge in [0, 0.05) is 0 Å². The molecule has 8 amide bonds. The molecule has 0 bridgehead atoms. The summed E-state index contributed by atoms with van der Waals surface area (Å²) in [6.45, 7) is 29.0. The van der Waals surface area contributed by atoms with Crippen LogP contribution in [0.1, 0.15) is 168 Å². The molecule has 21 heteroatoms. The zero-order valence-corrected chi connectivity index (χ0v) is 49.2. The molecule has 1 aromatic carbocycles. The lowest BCUT2D eigenvalue weighted by Gasteiger charge is -2.30. The molecule has 0 saturated heterocycles. The average molecular weight is 1110 g/mol. The van der Waals surface area contributed by atoms with E-state index in [-0.39, 0.29) is 105 Å². The van der Waals surface area contributed by atoms with Crippen LogP contribution in [0.3, 0.4) is 0 Å². The van der Waals surface area contributed by atoms with E-state index in [2.05, 4.69) is 37.2 Å². The van der Waals surface area contributed by atoms with E-state index in [1.54, 1.807) is 46.9 Å². The Morgan fingerprint density at radius 3 is 0.769 bits per heavy atom. The highest BCUT2D eigenvalue weighted by Gasteiger charge is 2.42. The fraction of sp³-hybridized carbons (Fsp3) is 0.737. The number of ether oxygens (including phenoxy) is 1. The number of rotatable bonds is 34. The van der Waals surface area contributed by atoms with Gasteiger partial charge in [-0.3, -0.25) is 38.4 Å². The molecule has 0 radical (unpaired) electrons. The van der Waals surface area contributed by atoms with Crippen molar-refractivity contribution in [2.45, 2.75) is 223 Å². The molecule has 78 heavy (non-hydrogen) atoms. The van der Waals surface area contributed by atoms with Crippen LogP contribution >= 0.6 is 0 Å². The van der Waals surface area contributed by atoms with E-state index in [1.807, 2.05) is 99.6 Å². The molecule has 0 unspecified atom stereocenters. The van der Waals surface area contributed by atoms with Crippen LogP contribution < -0.4 is 42.5 Å². The van der Waals surface area contributed by atoms with Crippen LogP contribution in [0.2, 0.25) is 0 Å². The molecule has 1 aromatic rings. The lowest BCUT2D eigenvalue weighted by molar-refractivity contribution is -0.174. The summed E-state index contributed by atoms with van der Waals surface area (Å²) in [7, 11) is 0. The van der Waals surface area contributed by atoms with Crippen LogP contribution in [0.5, 0.6) is 0 Å². The van der Waals surface area contributed by atoms with Crippen molar-refractivity contribution in [2.24, 2.45) is 47.3 Å². The SMILES string of the molecule is CC(C)C[C@H](NC(=O)[C@H](CC(C)C)NC(=O)[C@H](CC(C)C)NC(=O)[C@H](CC(C)C)NC(=O)C(F)(F)F)C(=O)N[C@@H](CC(C)C)C(=O)N[C@@H](CC(C)C)C(=O)N[C@@H](CC(C)C)C(=O)N[C@@H](CC(C)C)C(=O)OCc1ccccc1. The standard InChI is InChI=1S/C57H95F3N8O10/c1-31(2)22-40(62-50(71)42(24-33(5)6)64-52(73)44(26-35(9)10)66-54(75)46(28-37(13)14)68-56(77)57(58,59)60)48(69)61-41(23-32(3)4)49(70)63-43(25-34(7)8)51(72)65-45(27-36(11)12)53(74)67-47(29-38(15)16)55(76)78-30-39-20-18-17-19-21-39/h17-21,31-38,40-47H,22-30H2,1-16H3,(H,61,69)(H,62,71)(H,63,70)(H,64,73)(H,65,72)(H,66,75)(H,67,74)(H,68,77)/t40-,41-,42-,43-,44-,45-,46-,47-/m0/s1. The fourth-order valence-corrected chi connectivity index (χ4v) is 8.58. The van der Waals surface area contributed by atoms with Crippen molar-refractivity contribution in [2.75, 3.05) is 0 Å². The topological polar surface area (TPSA) is 259 Å². The zero-order valence-electron chi connectivity index (χ0n) is 49.2. The maximum Gasteiger partial charge on any atom is 0.471 e. The van der Waals surface area contributed by atoms with Gasteiger partial charge in [-0.1, -0.05) is 141 Å². The Balaban J connectivity index is 3.47. The Morgan fingerprint density at radius 2 is 0.551 bits per heavy atom. The smallest absolute Gasteiger partial charge is 0.459 e. The van der Waals surface area contributed by atoms with Crippen molar-refractivity contribution in [3.05, 3.63) is 35.9 Å². The van der Waals surface area contributed by atoms with E-state index < -0.39 is 108 Å². The Labute approximate surface area is 462 Å². The highest BCUT2D eigenvalue weighted by atomic mass is 19.4. The molecule has 1 rings (SSSR count). The minimum Gasteiger partial charge on any atom is -0.459 e. The maximum atomic E-state index is 14.3. The lowest BCUT2D eigenvalue weighted by Crippen LogP contribution is -2.61. The summed E-state index contributed by atoms with van der Waals surface area (Å²) in [5, 5.41) is 20.9. The molecule has 0 saturated carbocycles. The highest BCUT2D eigenvalue weighted by molar-refractivity contribution is 5.98. The minimum absolute atomic E-state index is 0.000652. The van der Waals surface area contributed by atoms with Crippen molar-refractivity contribution in [1.82, 2.24) is 42.5 Å². The van der Waals surface area contributed by atoms with E-state index in [0.717, 1.165) is 5.56 Å². The first-order chi connectivity index (χ1) is 36.1. The molecule has 0 spiro atoms. The summed E-state index contributed by atoms with van der Waals surface area (Å²) in [4.78, 5) is 124. The molecule has 0 aromatic heterocycles. The minimum atomic E-state index is -5.26. The maximum absolute atomic E-state index is 14.3. The van der Waals surface area contributed by atoms with E-state index in [1.165, 1.54) is 0 Å². The number of benzene rings is 1. The fourth-order valence-electron chi connectivity index (χ4n) is 8.58. The van der Waals surface area contributed by atoms with Gasteiger partial charge in [0.05, 0.1) is 0 Å². The second-order valence-electron chi connectivity index (χ2n) is 24.1. The van der Waals surface area contributed by atoms with Gasteiger partial charge in [-0.2, -0.15) is 13.2 Å². The first-order valence-corrected chi connectivity index (χ1v) is 27.8. The summed E-state index contributed by atoms with van der Waals surface area (Å²) in [5.41, 5.74) is 0.774. The van der Waals surface area contributed by atoms with E-state index in [0.29, 0.717) is 0 Å². The Hall–Kier alpha value is -5.76.